The standard InChI is InChI=1S/C24H26N4O2S/c1-15-11-16(2)27-23(15)24(30)28-9-8-20-18(14-28)12-25-17(3)21(20)13-26-22(29)7-6-19-5-4-10-31-19/h4-7,10-12,27H,8-9,13-14H2,1-3H3,(H,26,29)/b7-6+. The molecule has 0 saturated heterocycles. The lowest BCUT2D eigenvalue weighted by Gasteiger charge is -2.30. The number of hydrogen-bond acceptors (Lipinski definition) is 4. The molecule has 7 heteroatoms. The number of amides is 2. The predicted octanol–water partition coefficient (Wildman–Crippen LogP) is 3.92. The fourth-order valence-electron chi connectivity index (χ4n) is 4.02. The third kappa shape index (κ3) is 4.61. The van der Waals surface area contributed by atoms with Crippen LogP contribution in [0.1, 0.15) is 49.0 Å². The number of aryl methyl sites for hydroxylation is 3. The average Bonchev–Trinajstić information content (AvgIpc) is 3.39. The number of carbonyl (C=O) groups is 2. The van der Waals surface area contributed by atoms with Crippen molar-refractivity contribution in [1.29, 1.82) is 0 Å². The lowest BCUT2D eigenvalue weighted by atomic mass is 9.94. The van der Waals surface area contributed by atoms with E-state index >= 15 is 0 Å². The Bertz CT molecular complexity index is 1140. The van der Waals surface area contributed by atoms with Crippen LogP contribution in [0.25, 0.3) is 6.08 Å². The maximum absolute atomic E-state index is 13.0. The number of carbonyl (C=O) groups excluding carboxylic acids is 2. The number of nitrogens with zero attached hydrogens (tertiary/aromatic N) is 2. The van der Waals surface area contributed by atoms with E-state index in [9.17, 15) is 9.59 Å². The summed E-state index contributed by atoms with van der Waals surface area (Å²) in [6.07, 6.45) is 5.99. The van der Waals surface area contributed by atoms with Crippen LogP contribution in [-0.4, -0.2) is 33.2 Å². The van der Waals surface area contributed by atoms with Crippen molar-refractivity contribution in [1.82, 2.24) is 20.2 Å². The van der Waals surface area contributed by atoms with Crippen molar-refractivity contribution >= 4 is 29.2 Å². The van der Waals surface area contributed by atoms with Crippen molar-refractivity contribution in [2.75, 3.05) is 6.54 Å². The summed E-state index contributed by atoms with van der Waals surface area (Å²) in [5.41, 5.74) is 6.82. The summed E-state index contributed by atoms with van der Waals surface area (Å²) in [5.74, 6) is -0.110. The summed E-state index contributed by atoms with van der Waals surface area (Å²) in [7, 11) is 0. The first-order valence-corrected chi connectivity index (χ1v) is 11.2. The summed E-state index contributed by atoms with van der Waals surface area (Å²) < 4.78 is 0. The minimum atomic E-state index is -0.129. The van der Waals surface area contributed by atoms with Gasteiger partial charge in [0.05, 0.1) is 0 Å². The molecular formula is C24H26N4O2S. The minimum Gasteiger partial charge on any atom is -0.354 e. The highest BCUT2D eigenvalue weighted by molar-refractivity contribution is 7.10. The Morgan fingerprint density at radius 3 is 2.87 bits per heavy atom. The Balaban J connectivity index is 1.46. The van der Waals surface area contributed by atoms with Crippen LogP contribution in [-0.2, 0) is 24.3 Å². The van der Waals surface area contributed by atoms with E-state index in [1.54, 1.807) is 17.4 Å². The van der Waals surface area contributed by atoms with E-state index in [4.69, 9.17) is 0 Å². The highest BCUT2D eigenvalue weighted by Gasteiger charge is 2.26. The molecule has 160 valence electrons. The first-order valence-electron chi connectivity index (χ1n) is 10.3. The van der Waals surface area contributed by atoms with Gasteiger partial charge in [-0.05, 0) is 73.0 Å². The Labute approximate surface area is 186 Å². The molecule has 0 fully saturated rings. The molecule has 0 saturated carbocycles. The van der Waals surface area contributed by atoms with Crippen molar-refractivity contribution < 1.29 is 9.59 Å². The van der Waals surface area contributed by atoms with Crippen LogP contribution < -0.4 is 5.32 Å². The molecule has 3 aromatic rings. The molecule has 0 spiro atoms. The number of aromatic nitrogens is 2. The van der Waals surface area contributed by atoms with Crippen LogP contribution in [0.4, 0.5) is 0 Å². The first-order chi connectivity index (χ1) is 14.9. The second kappa shape index (κ2) is 8.89. The number of pyridine rings is 1. The van der Waals surface area contributed by atoms with E-state index < -0.39 is 0 Å². The Hall–Kier alpha value is -3.19. The van der Waals surface area contributed by atoms with Crippen LogP contribution in [0.3, 0.4) is 0 Å². The van der Waals surface area contributed by atoms with Crippen molar-refractivity contribution in [2.45, 2.75) is 40.3 Å². The van der Waals surface area contributed by atoms with Gasteiger partial charge in [0.15, 0.2) is 0 Å². The zero-order valence-corrected chi connectivity index (χ0v) is 18.8. The summed E-state index contributed by atoms with van der Waals surface area (Å²) in [6, 6.07) is 5.92. The molecule has 1 aliphatic rings. The van der Waals surface area contributed by atoms with Gasteiger partial charge in [0.1, 0.15) is 5.69 Å². The van der Waals surface area contributed by atoms with E-state index in [1.807, 2.05) is 61.5 Å². The number of rotatable bonds is 5. The Morgan fingerprint density at radius 1 is 1.32 bits per heavy atom. The number of nitrogens with one attached hydrogen (secondary N) is 2. The third-order valence-corrected chi connectivity index (χ3v) is 6.47. The van der Waals surface area contributed by atoms with Crippen LogP contribution in [0.5, 0.6) is 0 Å². The number of H-pyrrole nitrogens is 1. The largest absolute Gasteiger partial charge is 0.354 e. The summed E-state index contributed by atoms with van der Waals surface area (Å²) in [5, 5.41) is 4.96. The van der Waals surface area contributed by atoms with Gasteiger partial charge in [-0.2, -0.15) is 0 Å². The van der Waals surface area contributed by atoms with Crippen LogP contribution in [0, 0.1) is 20.8 Å². The maximum atomic E-state index is 13.0. The zero-order valence-electron chi connectivity index (χ0n) is 18.0. The fourth-order valence-corrected chi connectivity index (χ4v) is 4.64. The molecule has 2 amide bonds. The second-order valence-corrected chi connectivity index (χ2v) is 8.86. The molecule has 0 radical (unpaired) electrons. The van der Waals surface area contributed by atoms with Gasteiger partial charge in [0, 0.05) is 48.2 Å². The van der Waals surface area contributed by atoms with Crippen molar-refractivity contribution in [3.63, 3.8) is 0 Å². The molecule has 0 atom stereocenters. The average molecular weight is 435 g/mol. The molecule has 6 nitrogen and oxygen atoms in total. The normalized spacial score (nSPS) is 13.5. The number of aromatic amines is 1. The molecule has 0 aliphatic carbocycles. The number of fused-ring (bicyclic) bond motifs is 1. The molecule has 4 rings (SSSR count). The first kappa shape index (κ1) is 21.1. The van der Waals surface area contributed by atoms with Gasteiger partial charge in [-0.15, -0.1) is 11.3 Å². The third-order valence-electron chi connectivity index (χ3n) is 5.63. The lowest BCUT2D eigenvalue weighted by molar-refractivity contribution is -0.116. The lowest BCUT2D eigenvalue weighted by Crippen LogP contribution is -2.37. The zero-order chi connectivity index (χ0) is 22.0. The van der Waals surface area contributed by atoms with E-state index in [1.165, 1.54) is 5.56 Å². The molecule has 3 aromatic heterocycles. The predicted molar refractivity (Wildman–Crippen MR) is 123 cm³/mol. The SMILES string of the molecule is Cc1cc(C)c(C(=O)N2CCc3c(cnc(C)c3CNC(=O)/C=C/c3cccs3)C2)[nH]1. The molecule has 2 N–H and O–H groups in total. The van der Waals surface area contributed by atoms with Gasteiger partial charge < -0.3 is 15.2 Å². The number of thiophene rings is 1. The highest BCUT2D eigenvalue weighted by atomic mass is 32.1. The monoisotopic (exact) mass is 434 g/mol. The Morgan fingerprint density at radius 2 is 2.16 bits per heavy atom. The van der Waals surface area contributed by atoms with Crippen LogP contribution in [0.15, 0.2) is 35.9 Å². The Kier molecular flexibility index (Phi) is 6.04. The number of hydrogen-bond donors (Lipinski definition) is 2. The maximum Gasteiger partial charge on any atom is 0.270 e. The second-order valence-electron chi connectivity index (χ2n) is 7.88. The van der Waals surface area contributed by atoms with Gasteiger partial charge in [-0.25, -0.2) is 0 Å². The molecule has 0 bridgehead atoms. The van der Waals surface area contributed by atoms with Gasteiger partial charge in [-0.1, -0.05) is 6.07 Å². The summed E-state index contributed by atoms with van der Waals surface area (Å²) >= 11 is 1.59. The fraction of sp³-hybridized carbons (Fsp3) is 0.292. The summed E-state index contributed by atoms with van der Waals surface area (Å²) in [6.45, 7) is 7.47. The molecule has 1 aliphatic heterocycles. The summed E-state index contributed by atoms with van der Waals surface area (Å²) in [4.78, 5) is 35.9. The molecular weight excluding hydrogens is 408 g/mol. The molecule has 31 heavy (non-hydrogen) atoms. The molecule has 4 heterocycles. The van der Waals surface area contributed by atoms with Crippen molar-refractivity contribution in [3.8, 4) is 0 Å². The van der Waals surface area contributed by atoms with Gasteiger partial charge >= 0.3 is 0 Å². The molecule has 0 unspecified atom stereocenters. The van der Waals surface area contributed by atoms with Crippen LogP contribution >= 0.6 is 11.3 Å². The van der Waals surface area contributed by atoms with E-state index in [-0.39, 0.29) is 11.8 Å². The quantitative estimate of drug-likeness (QED) is 0.598. The van der Waals surface area contributed by atoms with Gasteiger partial charge in [-0.3, -0.25) is 14.6 Å². The van der Waals surface area contributed by atoms with E-state index in [2.05, 4.69) is 15.3 Å². The van der Waals surface area contributed by atoms with Gasteiger partial charge in [0.2, 0.25) is 5.91 Å². The van der Waals surface area contributed by atoms with Crippen molar-refractivity contribution in [3.05, 3.63) is 80.1 Å². The van der Waals surface area contributed by atoms with E-state index in [0.29, 0.717) is 25.3 Å². The van der Waals surface area contributed by atoms with Gasteiger partial charge in [0.25, 0.3) is 5.91 Å². The highest BCUT2D eigenvalue weighted by Crippen LogP contribution is 2.25. The topological polar surface area (TPSA) is 78.1 Å². The molecule has 0 aromatic carbocycles. The smallest absolute Gasteiger partial charge is 0.270 e. The van der Waals surface area contributed by atoms with Crippen molar-refractivity contribution in [2.24, 2.45) is 0 Å². The van der Waals surface area contributed by atoms with E-state index in [0.717, 1.165) is 39.4 Å². The minimum absolute atomic E-state index is 0.0189. The van der Waals surface area contributed by atoms with Crippen LogP contribution in [0.2, 0.25) is 0 Å².